The van der Waals surface area contributed by atoms with Crippen molar-refractivity contribution in [3.8, 4) is 5.75 Å². The van der Waals surface area contributed by atoms with Crippen LogP contribution in [0.4, 0.5) is 5.69 Å². The first-order valence-electron chi connectivity index (χ1n) is 6.44. The number of methoxy groups -OCH3 is 1. The molecule has 2 N–H and O–H groups in total. The smallest absolute Gasteiger partial charge is 0.259 e. The summed E-state index contributed by atoms with van der Waals surface area (Å²) in [6, 6.07) is 11.0. The second kappa shape index (κ2) is 7.14. The Morgan fingerprint density at radius 2 is 2.14 bits per heavy atom. The summed E-state index contributed by atoms with van der Waals surface area (Å²) in [7, 11) is 1.58. The Hall–Kier alpha value is -2.76. The molecule has 6 nitrogen and oxygen atoms in total. The highest BCUT2D eigenvalue weighted by Gasteiger charge is 2.03. The van der Waals surface area contributed by atoms with Gasteiger partial charge in [0.05, 0.1) is 25.6 Å². The molecule has 1 aromatic carbocycles. The Morgan fingerprint density at radius 1 is 1.33 bits per heavy atom. The predicted molar refractivity (Wildman–Crippen MR) is 80.7 cm³/mol. The summed E-state index contributed by atoms with van der Waals surface area (Å²) in [5.41, 5.74) is 3.17. The van der Waals surface area contributed by atoms with Gasteiger partial charge < -0.3 is 14.5 Å². The van der Waals surface area contributed by atoms with Crippen molar-refractivity contribution in [3.63, 3.8) is 0 Å². The summed E-state index contributed by atoms with van der Waals surface area (Å²) in [6.45, 7) is 1.93. The van der Waals surface area contributed by atoms with Crippen LogP contribution in [0.3, 0.4) is 0 Å². The average Bonchev–Trinajstić information content (AvgIpc) is 2.91. The minimum atomic E-state index is -0.263. The number of hydrogen-bond acceptors (Lipinski definition) is 5. The first-order chi connectivity index (χ1) is 10.2. The Labute approximate surface area is 122 Å². The van der Waals surface area contributed by atoms with Crippen LogP contribution in [0, 0.1) is 6.92 Å². The fourth-order valence-corrected chi connectivity index (χ4v) is 1.70. The number of carbonyl (C=O) groups excluding carboxylic acids is 1. The number of rotatable bonds is 6. The molecule has 0 unspecified atom stereocenters. The Bertz CT molecular complexity index is 635. The number of aryl methyl sites for hydroxylation is 1. The highest BCUT2D eigenvalue weighted by atomic mass is 16.5. The van der Waals surface area contributed by atoms with Crippen molar-refractivity contribution < 1.29 is 13.9 Å². The standard InChI is InChI=1S/C15H17N3O3/c1-11-7-8-12(21-11)9-17-18-15(19)10-16-13-5-3-4-6-14(13)20-2/h3-9,16H,10H2,1-2H3,(H,18,19). The van der Waals surface area contributed by atoms with Gasteiger partial charge in [-0.3, -0.25) is 4.79 Å². The number of furan rings is 1. The third-order valence-corrected chi connectivity index (χ3v) is 2.69. The van der Waals surface area contributed by atoms with Crippen molar-refractivity contribution in [2.24, 2.45) is 5.10 Å². The largest absolute Gasteiger partial charge is 0.495 e. The summed E-state index contributed by atoms with van der Waals surface area (Å²) in [5.74, 6) is 1.80. The van der Waals surface area contributed by atoms with Crippen LogP contribution < -0.4 is 15.5 Å². The van der Waals surface area contributed by atoms with E-state index in [-0.39, 0.29) is 12.5 Å². The van der Waals surface area contributed by atoms with E-state index in [1.165, 1.54) is 6.21 Å². The molecule has 0 radical (unpaired) electrons. The number of amides is 1. The SMILES string of the molecule is COc1ccccc1NCC(=O)NN=Cc1ccc(C)o1. The lowest BCUT2D eigenvalue weighted by atomic mass is 10.3. The molecule has 0 aliphatic rings. The summed E-state index contributed by atoms with van der Waals surface area (Å²) >= 11 is 0. The molecule has 0 aliphatic heterocycles. The number of nitrogens with zero attached hydrogens (tertiary/aromatic N) is 1. The zero-order valence-corrected chi connectivity index (χ0v) is 11.9. The molecule has 0 saturated carbocycles. The summed E-state index contributed by atoms with van der Waals surface area (Å²) in [6.07, 6.45) is 1.45. The van der Waals surface area contributed by atoms with Gasteiger partial charge in [0.1, 0.15) is 17.3 Å². The maximum absolute atomic E-state index is 11.7. The molecule has 6 heteroatoms. The van der Waals surface area contributed by atoms with Gasteiger partial charge >= 0.3 is 0 Å². The van der Waals surface area contributed by atoms with Gasteiger partial charge in [0, 0.05) is 0 Å². The molecule has 0 spiro atoms. The van der Waals surface area contributed by atoms with E-state index in [1.807, 2.05) is 37.3 Å². The lowest BCUT2D eigenvalue weighted by Gasteiger charge is -2.09. The number of carbonyl (C=O) groups is 1. The van der Waals surface area contributed by atoms with Crippen LogP contribution in [0.1, 0.15) is 11.5 Å². The van der Waals surface area contributed by atoms with E-state index in [0.29, 0.717) is 11.5 Å². The molecular weight excluding hydrogens is 270 g/mol. The van der Waals surface area contributed by atoms with E-state index in [9.17, 15) is 4.79 Å². The molecule has 0 atom stereocenters. The molecule has 1 heterocycles. The maximum atomic E-state index is 11.7. The number of ether oxygens (including phenoxy) is 1. The summed E-state index contributed by atoms with van der Waals surface area (Å²) in [4.78, 5) is 11.7. The van der Waals surface area contributed by atoms with E-state index >= 15 is 0 Å². The zero-order chi connectivity index (χ0) is 15.1. The van der Waals surface area contributed by atoms with Gasteiger partial charge in [0.2, 0.25) is 0 Å². The molecule has 2 rings (SSSR count). The lowest BCUT2D eigenvalue weighted by molar-refractivity contribution is -0.119. The first kappa shape index (κ1) is 14.6. The Morgan fingerprint density at radius 3 is 2.86 bits per heavy atom. The van der Waals surface area contributed by atoms with Gasteiger partial charge in [-0.25, -0.2) is 5.43 Å². The summed E-state index contributed by atoms with van der Waals surface area (Å²) in [5, 5.41) is 6.80. The average molecular weight is 287 g/mol. The third kappa shape index (κ3) is 4.38. The lowest BCUT2D eigenvalue weighted by Crippen LogP contribution is -2.26. The molecule has 1 amide bonds. The minimum absolute atomic E-state index is 0.0922. The van der Waals surface area contributed by atoms with Crippen molar-refractivity contribution in [1.29, 1.82) is 0 Å². The number of anilines is 1. The molecule has 2 aromatic rings. The van der Waals surface area contributed by atoms with E-state index < -0.39 is 0 Å². The number of benzene rings is 1. The minimum Gasteiger partial charge on any atom is -0.495 e. The normalized spacial score (nSPS) is 10.6. The quantitative estimate of drug-likeness (QED) is 0.630. The number of hydrogen-bond donors (Lipinski definition) is 2. The molecule has 0 bridgehead atoms. The van der Waals surface area contributed by atoms with Gasteiger partial charge in [-0.05, 0) is 31.2 Å². The van der Waals surface area contributed by atoms with Crippen molar-refractivity contribution in [2.75, 3.05) is 19.0 Å². The molecule has 0 aliphatic carbocycles. The van der Waals surface area contributed by atoms with Crippen LogP contribution in [0.5, 0.6) is 5.75 Å². The highest BCUT2D eigenvalue weighted by Crippen LogP contribution is 2.22. The summed E-state index contributed by atoms with van der Waals surface area (Å²) < 4.78 is 10.5. The van der Waals surface area contributed by atoms with Crippen molar-refractivity contribution in [1.82, 2.24) is 5.43 Å². The molecule has 110 valence electrons. The van der Waals surface area contributed by atoms with Gasteiger partial charge in [-0.15, -0.1) is 0 Å². The maximum Gasteiger partial charge on any atom is 0.259 e. The van der Waals surface area contributed by atoms with Crippen LogP contribution >= 0.6 is 0 Å². The predicted octanol–water partition coefficient (Wildman–Crippen LogP) is 2.16. The van der Waals surface area contributed by atoms with Gasteiger partial charge in [-0.1, -0.05) is 12.1 Å². The third-order valence-electron chi connectivity index (χ3n) is 2.69. The number of para-hydroxylation sites is 2. The molecule has 21 heavy (non-hydrogen) atoms. The van der Waals surface area contributed by atoms with E-state index in [4.69, 9.17) is 9.15 Å². The van der Waals surface area contributed by atoms with E-state index in [1.54, 1.807) is 13.2 Å². The van der Waals surface area contributed by atoms with Crippen LogP contribution in [-0.4, -0.2) is 25.8 Å². The van der Waals surface area contributed by atoms with Crippen LogP contribution in [0.25, 0.3) is 0 Å². The van der Waals surface area contributed by atoms with Gasteiger partial charge in [0.15, 0.2) is 0 Å². The van der Waals surface area contributed by atoms with E-state index in [2.05, 4.69) is 15.8 Å². The molecule has 1 aromatic heterocycles. The molecule has 0 saturated heterocycles. The fourth-order valence-electron chi connectivity index (χ4n) is 1.70. The second-order valence-electron chi connectivity index (χ2n) is 4.30. The van der Waals surface area contributed by atoms with Gasteiger partial charge in [0.25, 0.3) is 5.91 Å². The number of nitrogens with one attached hydrogen (secondary N) is 2. The number of hydrazone groups is 1. The Kier molecular flexibility index (Phi) is 4.98. The zero-order valence-electron chi connectivity index (χ0n) is 11.9. The second-order valence-corrected chi connectivity index (χ2v) is 4.30. The van der Waals surface area contributed by atoms with E-state index in [0.717, 1.165) is 11.4 Å². The molecule has 0 fully saturated rings. The van der Waals surface area contributed by atoms with Crippen LogP contribution in [0.2, 0.25) is 0 Å². The van der Waals surface area contributed by atoms with Gasteiger partial charge in [-0.2, -0.15) is 5.10 Å². The van der Waals surface area contributed by atoms with Crippen molar-refractivity contribution in [2.45, 2.75) is 6.92 Å². The highest BCUT2D eigenvalue weighted by molar-refractivity contribution is 5.83. The Balaban J connectivity index is 1.81. The van der Waals surface area contributed by atoms with Crippen LogP contribution in [0.15, 0.2) is 45.9 Å². The monoisotopic (exact) mass is 287 g/mol. The van der Waals surface area contributed by atoms with Crippen molar-refractivity contribution >= 4 is 17.8 Å². The fraction of sp³-hybridized carbons (Fsp3) is 0.200. The van der Waals surface area contributed by atoms with Crippen molar-refractivity contribution in [3.05, 3.63) is 47.9 Å². The first-order valence-corrected chi connectivity index (χ1v) is 6.44. The topological polar surface area (TPSA) is 75.9 Å². The van der Waals surface area contributed by atoms with Crippen LogP contribution in [-0.2, 0) is 4.79 Å². The molecular formula is C15H17N3O3.